The predicted molar refractivity (Wildman–Crippen MR) is 113 cm³/mol. The first-order chi connectivity index (χ1) is 13.5. The molecule has 0 saturated carbocycles. The van der Waals surface area contributed by atoms with Crippen molar-refractivity contribution >= 4 is 31.0 Å². The van der Waals surface area contributed by atoms with Gasteiger partial charge in [0, 0.05) is 10.8 Å². The minimum atomic E-state index is -4.16. The summed E-state index contributed by atoms with van der Waals surface area (Å²) in [7, 11) is -5.13. The third-order valence-electron chi connectivity index (χ3n) is 3.91. The van der Waals surface area contributed by atoms with E-state index in [-0.39, 0.29) is 12.2 Å². The van der Waals surface area contributed by atoms with Gasteiger partial charge in [0.2, 0.25) is 9.84 Å². The van der Waals surface area contributed by atoms with Crippen molar-refractivity contribution in [3.8, 4) is 22.7 Å². The molecular weight excluding hydrogens is 416 g/mol. The van der Waals surface area contributed by atoms with Crippen molar-refractivity contribution in [2.24, 2.45) is 0 Å². The second-order valence-corrected chi connectivity index (χ2v) is 10.5. The van der Waals surface area contributed by atoms with E-state index in [9.17, 15) is 16.8 Å². The molecule has 2 aromatic rings. The van der Waals surface area contributed by atoms with Crippen LogP contribution in [0.4, 0.5) is 11.4 Å². The molecule has 0 amide bonds. The van der Waals surface area contributed by atoms with E-state index >= 15 is 0 Å². The highest BCUT2D eigenvalue weighted by Gasteiger charge is 2.21. The maximum atomic E-state index is 12.2. The zero-order valence-electron chi connectivity index (χ0n) is 16.0. The van der Waals surface area contributed by atoms with Crippen LogP contribution in [0.3, 0.4) is 0 Å². The maximum Gasteiger partial charge on any atom is 0.231 e. The van der Waals surface area contributed by atoms with Crippen LogP contribution in [0, 0.1) is 11.2 Å². The molecule has 0 aliphatic heterocycles. The van der Waals surface area contributed by atoms with E-state index in [1.807, 2.05) is 5.25 Å². The molecule has 0 bridgehead atoms. The van der Waals surface area contributed by atoms with E-state index in [0.29, 0.717) is 34.0 Å². The van der Waals surface area contributed by atoms with Gasteiger partial charge in [0.05, 0.1) is 31.3 Å². The second kappa shape index (κ2) is 9.07. The Bertz CT molecular complexity index is 1160. The first-order valence-corrected chi connectivity index (χ1v) is 11.8. The molecule has 2 aromatic carbocycles. The summed E-state index contributed by atoms with van der Waals surface area (Å²) in [6.45, 7) is 0. The van der Waals surface area contributed by atoms with Gasteiger partial charge >= 0.3 is 0 Å². The SMILES string of the molecule is COc1ccc(C#CS(=O)(=O)CS(=O)(=O)CCc2ccc(OC)c(N)c2)cc1N. The first-order valence-electron chi connectivity index (χ1n) is 8.37. The van der Waals surface area contributed by atoms with Crippen molar-refractivity contribution in [3.05, 3.63) is 47.5 Å². The quantitative estimate of drug-likeness (QED) is 0.486. The van der Waals surface area contributed by atoms with Crippen molar-refractivity contribution in [3.63, 3.8) is 0 Å². The number of nitrogen functional groups attached to an aromatic ring is 2. The molecule has 156 valence electrons. The van der Waals surface area contributed by atoms with Crippen LogP contribution in [0.2, 0.25) is 0 Å². The Morgan fingerprint density at radius 3 is 2.03 bits per heavy atom. The summed E-state index contributed by atoms with van der Waals surface area (Å²) in [5, 5.41) is 0.963. The van der Waals surface area contributed by atoms with Gasteiger partial charge in [0.25, 0.3) is 0 Å². The standard InChI is InChI=1S/C19H22N2O6S2/c1-26-18-5-3-14(11-16(18)20)7-9-28(22,23)13-29(24,25)10-8-15-4-6-19(27-2)17(21)12-15/h3-6,11-12H,7,9,13,20-21H2,1-2H3. The summed E-state index contributed by atoms with van der Waals surface area (Å²) >= 11 is 0. The third-order valence-corrected chi connectivity index (χ3v) is 7.83. The molecule has 0 aromatic heterocycles. The highest BCUT2D eigenvalue weighted by molar-refractivity contribution is 8.10. The maximum absolute atomic E-state index is 12.2. The fourth-order valence-electron chi connectivity index (χ4n) is 2.49. The molecule has 0 fully saturated rings. The average Bonchev–Trinajstić information content (AvgIpc) is 2.64. The van der Waals surface area contributed by atoms with Crippen LogP contribution in [0.5, 0.6) is 11.5 Å². The summed E-state index contributed by atoms with van der Waals surface area (Å²) in [6.07, 6.45) is 0.120. The number of anilines is 2. The summed E-state index contributed by atoms with van der Waals surface area (Å²) in [4.78, 5) is 0. The van der Waals surface area contributed by atoms with Crippen molar-refractivity contribution in [1.82, 2.24) is 0 Å². The number of hydrogen-bond donors (Lipinski definition) is 2. The number of nitrogens with two attached hydrogens (primary N) is 2. The fraction of sp³-hybridized carbons (Fsp3) is 0.263. The van der Waals surface area contributed by atoms with E-state index < -0.39 is 24.8 Å². The molecule has 4 N–H and O–H groups in total. The molecule has 2 rings (SSSR count). The molecule has 0 saturated heterocycles. The molecule has 0 aliphatic rings. The van der Waals surface area contributed by atoms with Gasteiger partial charge in [-0.25, -0.2) is 16.8 Å². The molecule has 0 unspecified atom stereocenters. The van der Waals surface area contributed by atoms with Gasteiger partial charge in [0.1, 0.15) is 11.5 Å². The molecule has 29 heavy (non-hydrogen) atoms. The van der Waals surface area contributed by atoms with Crippen LogP contribution in [0.15, 0.2) is 36.4 Å². The highest BCUT2D eigenvalue weighted by atomic mass is 32.3. The minimum absolute atomic E-state index is 0.120. The van der Waals surface area contributed by atoms with E-state index in [2.05, 4.69) is 5.92 Å². The van der Waals surface area contributed by atoms with Gasteiger partial charge in [-0.1, -0.05) is 6.07 Å². The number of hydrogen-bond acceptors (Lipinski definition) is 8. The molecule has 0 aliphatic carbocycles. The van der Waals surface area contributed by atoms with Gasteiger partial charge in [-0.3, -0.25) is 0 Å². The Morgan fingerprint density at radius 1 is 0.897 bits per heavy atom. The van der Waals surface area contributed by atoms with Crippen LogP contribution in [-0.2, 0) is 26.1 Å². The number of benzene rings is 2. The zero-order valence-corrected chi connectivity index (χ0v) is 17.6. The average molecular weight is 439 g/mol. The first kappa shape index (κ1) is 22.4. The van der Waals surface area contributed by atoms with Gasteiger partial charge in [-0.15, -0.1) is 0 Å². The zero-order chi connectivity index (χ0) is 21.7. The third kappa shape index (κ3) is 6.58. The van der Waals surface area contributed by atoms with E-state index in [1.54, 1.807) is 24.3 Å². The van der Waals surface area contributed by atoms with Crippen molar-refractivity contribution in [2.75, 3.05) is 36.5 Å². The Labute approximate surface area is 170 Å². The van der Waals surface area contributed by atoms with Crippen LogP contribution < -0.4 is 20.9 Å². The lowest BCUT2D eigenvalue weighted by atomic mass is 10.1. The van der Waals surface area contributed by atoms with E-state index in [0.717, 1.165) is 0 Å². The Hall–Kier alpha value is -2.90. The summed E-state index contributed by atoms with van der Waals surface area (Å²) in [5.41, 5.74) is 13.2. The number of ether oxygens (including phenoxy) is 2. The van der Waals surface area contributed by atoms with Crippen molar-refractivity contribution in [2.45, 2.75) is 6.42 Å². The second-order valence-electron chi connectivity index (χ2n) is 6.19. The van der Waals surface area contributed by atoms with Crippen molar-refractivity contribution in [1.29, 1.82) is 0 Å². The normalized spacial score (nSPS) is 11.4. The molecule has 0 radical (unpaired) electrons. The molecule has 8 nitrogen and oxygen atoms in total. The number of rotatable bonds is 7. The largest absolute Gasteiger partial charge is 0.495 e. The molecule has 0 atom stereocenters. The fourth-order valence-corrected chi connectivity index (χ4v) is 5.90. The van der Waals surface area contributed by atoms with E-state index in [1.165, 1.54) is 26.4 Å². The number of aryl methyl sites for hydroxylation is 1. The lowest BCUT2D eigenvalue weighted by molar-refractivity contribution is 0.417. The monoisotopic (exact) mass is 438 g/mol. The lowest BCUT2D eigenvalue weighted by Gasteiger charge is -2.07. The van der Waals surface area contributed by atoms with Gasteiger partial charge in [0.15, 0.2) is 14.9 Å². The van der Waals surface area contributed by atoms with Gasteiger partial charge < -0.3 is 20.9 Å². The van der Waals surface area contributed by atoms with Crippen LogP contribution >= 0.6 is 0 Å². The van der Waals surface area contributed by atoms with Crippen LogP contribution in [0.25, 0.3) is 0 Å². The predicted octanol–water partition coefficient (Wildman–Crippen LogP) is 1.21. The molecule has 10 heteroatoms. The minimum Gasteiger partial charge on any atom is -0.495 e. The van der Waals surface area contributed by atoms with Crippen LogP contribution in [0.1, 0.15) is 11.1 Å². The molecule has 0 heterocycles. The molecular formula is C19H22N2O6S2. The molecule has 0 spiro atoms. The lowest BCUT2D eigenvalue weighted by Crippen LogP contribution is -2.19. The van der Waals surface area contributed by atoms with Gasteiger partial charge in [-0.2, -0.15) is 0 Å². The highest BCUT2D eigenvalue weighted by Crippen LogP contribution is 2.23. The summed E-state index contributed by atoms with van der Waals surface area (Å²) in [6, 6.07) is 9.41. The van der Waals surface area contributed by atoms with Crippen LogP contribution in [-0.4, -0.2) is 41.9 Å². The Kier molecular flexibility index (Phi) is 7.00. The summed E-state index contributed by atoms with van der Waals surface area (Å²) in [5.74, 6) is 2.98. The Morgan fingerprint density at radius 2 is 1.48 bits per heavy atom. The topological polar surface area (TPSA) is 139 Å². The van der Waals surface area contributed by atoms with Crippen molar-refractivity contribution < 1.29 is 26.3 Å². The Balaban J connectivity index is 2.07. The summed E-state index contributed by atoms with van der Waals surface area (Å²) < 4.78 is 58.8. The van der Waals surface area contributed by atoms with Gasteiger partial charge in [-0.05, 0) is 48.2 Å². The number of methoxy groups -OCH3 is 2. The smallest absolute Gasteiger partial charge is 0.231 e. The number of sulfone groups is 2. The van der Waals surface area contributed by atoms with E-state index in [4.69, 9.17) is 20.9 Å².